The quantitative estimate of drug-likeness (QED) is 0.340. The number of hydrogen-bond acceptors (Lipinski definition) is 6. The zero-order chi connectivity index (χ0) is 25.4. The summed E-state index contributed by atoms with van der Waals surface area (Å²) in [6.07, 6.45) is -0.913. The van der Waals surface area contributed by atoms with Gasteiger partial charge in [0, 0.05) is 18.2 Å². The number of aryl methyl sites for hydroxylation is 1. The van der Waals surface area contributed by atoms with Crippen LogP contribution in [0.25, 0.3) is 11.1 Å². The molecule has 0 radical (unpaired) electrons. The third-order valence-corrected chi connectivity index (χ3v) is 6.72. The summed E-state index contributed by atoms with van der Waals surface area (Å²) in [6.45, 7) is 2.37. The van der Waals surface area contributed by atoms with Gasteiger partial charge in [-0.05, 0) is 42.3 Å². The van der Waals surface area contributed by atoms with Gasteiger partial charge in [-0.2, -0.15) is 5.10 Å². The summed E-state index contributed by atoms with van der Waals surface area (Å²) < 4.78 is 1.61. The van der Waals surface area contributed by atoms with Crippen molar-refractivity contribution < 1.29 is 9.59 Å². The number of nitrogens with one attached hydrogen (secondary N) is 4. The Morgan fingerprint density at radius 2 is 1.62 bits per heavy atom. The largest absolute Gasteiger partial charge is 0.321 e. The lowest BCUT2D eigenvalue weighted by Gasteiger charge is -2.37. The maximum absolute atomic E-state index is 13.1. The smallest absolute Gasteiger partial charge is 0.256 e. The van der Waals surface area contributed by atoms with Crippen molar-refractivity contribution in [3.8, 4) is 11.1 Å². The summed E-state index contributed by atoms with van der Waals surface area (Å²) >= 11 is 0. The van der Waals surface area contributed by atoms with Crippen molar-refractivity contribution in [1.82, 2.24) is 25.8 Å². The minimum Gasteiger partial charge on any atom is -0.321 e. The van der Waals surface area contributed by atoms with E-state index in [9.17, 15) is 9.59 Å². The Balaban J connectivity index is 1.21. The molecular formula is C28H27N7O2. The van der Waals surface area contributed by atoms with Gasteiger partial charge in [0.15, 0.2) is 6.29 Å². The summed E-state index contributed by atoms with van der Waals surface area (Å²) in [5.41, 5.74) is 7.65. The molecule has 9 nitrogen and oxygen atoms in total. The number of amides is 2. The van der Waals surface area contributed by atoms with Crippen LogP contribution >= 0.6 is 0 Å². The maximum Gasteiger partial charge on any atom is 0.256 e. The number of benzene rings is 3. The number of nitrogens with zero attached hydrogens (tertiary/aromatic N) is 3. The van der Waals surface area contributed by atoms with Crippen LogP contribution in [0.5, 0.6) is 0 Å². The van der Waals surface area contributed by atoms with Gasteiger partial charge in [0.1, 0.15) is 12.0 Å². The molecule has 186 valence electrons. The third-order valence-electron chi connectivity index (χ3n) is 6.72. The number of aromatic nitrogens is 2. The number of hydrazine groups is 1. The normalized spacial score (nSPS) is 20.8. The molecule has 2 amide bonds. The second kappa shape index (κ2) is 9.53. The van der Waals surface area contributed by atoms with Gasteiger partial charge in [-0.25, -0.2) is 10.1 Å². The maximum atomic E-state index is 13.1. The Morgan fingerprint density at radius 1 is 0.946 bits per heavy atom. The number of carbonyl (C=O) groups excluding carboxylic acids is 2. The van der Waals surface area contributed by atoms with Crippen molar-refractivity contribution in [1.29, 1.82) is 0 Å². The molecule has 4 N–H and O–H groups in total. The lowest BCUT2D eigenvalue weighted by Crippen LogP contribution is -2.61. The van der Waals surface area contributed by atoms with E-state index in [-0.39, 0.29) is 23.9 Å². The molecule has 3 atom stereocenters. The molecule has 0 saturated carbocycles. The van der Waals surface area contributed by atoms with Crippen LogP contribution in [0, 0.1) is 12.8 Å². The van der Waals surface area contributed by atoms with E-state index in [1.807, 2.05) is 84.7 Å². The topological polar surface area (TPSA) is 103 Å². The van der Waals surface area contributed by atoms with Gasteiger partial charge < -0.3 is 10.6 Å². The Morgan fingerprint density at radius 3 is 2.35 bits per heavy atom. The van der Waals surface area contributed by atoms with Crippen LogP contribution < -0.4 is 26.4 Å². The molecule has 2 fully saturated rings. The van der Waals surface area contributed by atoms with E-state index in [2.05, 4.69) is 26.5 Å². The molecule has 2 aliphatic heterocycles. The zero-order valence-corrected chi connectivity index (χ0v) is 20.3. The minimum atomic E-state index is -0.635. The van der Waals surface area contributed by atoms with E-state index in [0.29, 0.717) is 17.9 Å². The number of fused-ring (bicyclic) bond motifs is 1. The van der Waals surface area contributed by atoms with Crippen molar-refractivity contribution in [2.45, 2.75) is 19.4 Å². The van der Waals surface area contributed by atoms with E-state index in [4.69, 9.17) is 0 Å². The monoisotopic (exact) mass is 493 g/mol. The fourth-order valence-corrected chi connectivity index (χ4v) is 4.87. The molecule has 3 aromatic carbocycles. The molecule has 37 heavy (non-hydrogen) atoms. The lowest BCUT2D eigenvalue weighted by atomic mass is 10.0. The second-order valence-corrected chi connectivity index (χ2v) is 9.21. The molecule has 3 unspecified atom stereocenters. The molecule has 1 aromatic heterocycles. The third kappa shape index (κ3) is 4.46. The molecule has 3 heterocycles. The van der Waals surface area contributed by atoms with E-state index >= 15 is 0 Å². The van der Waals surface area contributed by atoms with Gasteiger partial charge in [0.25, 0.3) is 5.91 Å². The number of hydrogen-bond donors (Lipinski definition) is 4. The first-order chi connectivity index (χ1) is 18.1. The van der Waals surface area contributed by atoms with Gasteiger partial charge in [-0.3, -0.25) is 19.9 Å². The molecule has 6 rings (SSSR count). The van der Waals surface area contributed by atoms with Gasteiger partial charge in [0.05, 0.1) is 17.3 Å². The van der Waals surface area contributed by atoms with Crippen LogP contribution in [-0.2, 0) is 4.79 Å². The zero-order valence-electron chi connectivity index (χ0n) is 20.3. The Hall–Kier alpha value is -4.47. The predicted octanol–water partition coefficient (Wildman–Crippen LogP) is 3.25. The molecule has 0 aliphatic carbocycles. The van der Waals surface area contributed by atoms with E-state index in [1.165, 1.54) is 0 Å². The standard InChI is InChI=1S/C28H27N7O2/c1-18-16-24(30-26(36)21-14-12-20(13-15-21)19-8-4-2-5-9-19)35(33-18)28-31-25-23(27(37)32-28)17-29-34(25)22-10-6-3-7-11-22/h2-16,23,25,28-29,31H,17H2,1H3,(H,30,36)(H,32,37). The number of rotatable bonds is 5. The molecule has 2 saturated heterocycles. The lowest BCUT2D eigenvalue weighted by molar-refractivity contribution is -0.129. The van der Waals surface area contributed by atoms with Crippen LogP contribution in [0.3, 0.4) is 0 Å². The van der Waals surface area contributed by atoms with E-state index in [0.717, 1.165) is 22.5 Å². The van der Waals surface area contributed by atoms with Crippen molar-refractivity contribution >= 4 is 23.3 Å². The minimum absolute atomic E-state index is 0.0818. The molecule has 9 heteroatoms. The number of anilines is 2. The fourth-order valence-electron chi connectivity index (χ4n) is 4.87. The number of carbonyl (C=O) groups is 2. The Kier molecular flexibility index (Phi) is 5.91. The summed E-state index contributed by atoms with van der Waals surface area (Å²) in [5.74, 6) is -0.117. The van der Waals surface area contributed by atoms with Gasteiger partial charge in [0.2, 0.25) is 5.91 Å². The van der Waals surface area contributed by atoms with Crippen molar-refractivity contribution in [2.24, 2.45) is 5.92 Å². The number of para-hydroxylation sites is 1. The van der Waals surface area contributed by atoms with Crippen LogP contribution in [-0.4, -0.2) is 34.3 Å². The average Bonchev–Trinajstić information content (AvgIpc) is 3.53. The van der Waals surface area contributed by atoms with E-state index < -0.39 is 6.29 Å². The SMILES string of the molecule is Cc1cc(NC(=O)c2ccc(-c3ccccc3)cc2)n(C2NC(=O)C3CNN(c4ccccc4)C3N2)n1. The van der Waals surface area contributed by atoms with Crippen LogP contribution in [0.15, 0.2) is 91.0 Å². The summed E-state index contributed by atoms with van der Waals surface area (Å²) in [5, 5.41) is 16.0. The fraction of sp³-hybridized carbons (Fsp3) is 0.179. The molecule has 4 aromatic rings. The predicted molar refractivity (Wildman–Crippen MR) is 141 cm³/mol. The first-order valence-electron chi connectivity index (χ1n) is 12.2. The molecule has 0 bridgehead atoms. The highest BCUT2D eigenvalue weighted by atomic mass is 16.2. The summed E-state index contributed by atoms with van der Waals surface area (Å²) in [7, 11) is 0. The molecule has 0 spiro atoms. The van der Waals surface area contributed by atoms with Gasteiger partial charge in [-0.1, -0.05) is 60.7 Å². The highest BCUT2D eigenvalue weighted by molar-refractivity contribution is 6.04. The highest BCUT2D eigenvalue weighted by Crippen LogP contribution is 2.28. The van der Waals surface area contributed by atoms with Crippen molar-refractivity contribution in [3.05, 3.63) is 102 Å². The van der Waals surface area contributed by atoms with Crippen LogP contribution in [0.4, 0.5) is 11.5 Å². The molecule has 2 aliphatic rings. The van der Waals surface area contributed by atoms with Crippen LogP contribution in [0.2, 0.25) is 0 Å². The Bertz CT molecular complexity index is 1420. The average molecular weight is 494 g/mol. The molecular weight excluding hydrogens is 466 g/mol. The van der Waals surface area contributed by atoms with E-state index in [1.54, 1.807) is 22.9 Å². The van der Waals surface area contributed by atoms with Crippen molar-refractivity contribution in [2.75, 3.05) is 16.9 Å². The first kappa shape index (κ1) is 23.0. The summed E-state index contributed by atoms with van der Waals surface area (Å²) in [6, 6.07) is 29.1. The van der Waals surface area contributed by atoms with Crippen molar-refractivity contribution in [3.63, 3.8) is 0 Å². The van der Waals surface area contributed by atoms with Gasteiger partial charge in [-0.15, -0.1) is 0 Å². The summed E-state index contributed by atoms with van der Waals surface area (Å²) in [4.78, 5) is 26.1. The first-order valence-corrected chi connectivity index (χ1v) is 12.2. The Labute approximate surface area is 214 Å². The highest BCUT2D eigenvalue weighted by Gasteiger charge is 2.45. The van der Waals surface area contributed by atoms with Gasteiger partial charge >= 0.3 is 0 Å². The van der Waals surface area contributed by atoms with Crippen LogP contribution in [0.1, 0.15) is 22.3 Å². The second-order valence-electron chi connectivity index (χ2n) is 9.21.